The average molecular weight is 414 g/mol. The molecule has 152 valence electrons. The fourth-order valence-corrected chi connectivity index (χ4v) is 2.59. The summed E-state index contributed by atoms with van der Waals surface area (Å²) in [5, 5.41) is 10.4. The monoisotopic (exact) mass is 414 g/mol. The molecular weight excluding hydrogens is 401 g/mol. The van der Waals surface area contributed by atoms with Crippen molar-refractivity contribution < 1.29 is 22.5 Å². The Labute approximate surface area is 167 Å². The number of nitrogens with one attached hydrogen (secondary N) is 1. The Morgan fingerprint density at radius 3 is 2.60 bits per heavy atom. The van der Waals surface area contributed by atoms with Crippen LogP contribution in [-0.4, -0.2) is 30.8 Å². The second kappa shape index (κ2) is 7.78. The van der Waals surface area contributed by atoms with Gasteiger partial charge in [0.1, 0.15) is 0 Å². The van der Waals surface area contributed by atoms with E-state index in [1.807, 2.05) is 0 Å². The third kappa shape index (κ3) is 4.19. The molecule has 0 unspecified atom stereocenters. The van der Waals surface area contributed by atoms with Crippen molar-refractivity contribution in [2.75, 3.05) is 0 Å². The van der Waals surface area contributed by atoms with Gasteiger partial charge in [-0.3, -0.25) is 9.78 Å². The lowest BCUT2D eigenvalue weighted by Gasteiger charge is -2.03. The first kappa shape index (κ1) is 19.3. The summed E-state index contributed by atoms with van der Waals surface area (Å²) < 4.78 is 43.5. The molecule has 0 saturated carbocycles. The summed E-state index contributed by atoms with van der Waals surface area (Å²) in [7, 11) is 0. The SMILES string of the molecule is O=C(NCc1cnn(-c2ccc(-c3noc(C(F)(F)F)n3)cc2)c1)c1cccnc1. The zero-order valence-corrected chi connectivity index (χ0v) is 15.2. The van der Waals surface area contributed by atoms with E-state index in [-0.39, 0.29) is 18.3 Å². The highest BCUT2D eigenvalue weighted by atomic mass is 19.4. The third-order valence-electron chi connectivity index (χ3n) is 4.07. The summed E-state index contributed by atoms with van der Waals surface area (Å²) in [5.74, 6) is -1.81. The van der Waals surface area contributed by atoms with Crippen molar-refractivity contribution in [2.24, 2.45) is 0 Å². The number of hydrogen-bond donors (Lipinski definition) is 1. The summed E-state index contributed by atoms with van der Waals surface area (Å²) in [6.45, 7) is 0.273. The predicted molar refractivity (Wildman–Crippen MR) is 97.3 cm³/mol. The van der Waals surface area contributed by atoms with E-state index >= 15 is 0 Å². The van der Waals surface area contributed by atoms with Gasteiger partial charge in [-0.05, 0) is 36.4 Å². The van der Waals surface area contributed by atoms with Gasteiger partial charge in [0.2, 0.25) is 5.82 Å². The molecule has 0 atom stereocenters. The number of amides is 1. The average Bonchev–Trinajstić information content (AvgIpc) is 3.43. The second-order valence-corrected chi connectivity index (χ2v) is 6.19. The number of alkyl halides is 3. The highest BCUT2D eigenvalue weighted by Gasteiger charge is 2.38. The molecule has 0 aliphatic rings. The van der Waals surface area contributed by atoms with Crippen molar-refractivity contribution in [3.05, 3.63) is 78.2 Å². The van der Waals surface area contributed by atoms with Crippen molar-refractivity contribution >= 4 is 5.91 Å². The molecule has 4 aromatic rings. The lowest BCUT2D eigenvalue weighted by atomic mass is 10.2. The summed E-state index contributed by atoms with van der Waals surface area (Å²) in [6, 6.07) is 9.77. The van der Waals surface area contributed by atoms with Crippen molar-refractivity contribution in [1.82, 2.24) is 30.2 Å². The van der Waals surface area contributed by atoms with E-state index in [1.165, 1.54) is 6.20 Å². The molecule has 1 aromatic carbocycles. The standard InChI is InChI=1S/C19H13F3N6O2/c20-19(21,22)18-26-16(27-30-18)13-3-5-15(6-4-13)28-11-12(9-25-28)8-24-17(29)14-2-1-7-23-10-14/h1-7,9-11H,8H2,(H,24,29). The Balaban J connectivity index is 1.42. The summed E-state index contributed by atoms with van der Waals surface area (Å²) in [5.41, 5.74) is 2.26. The van der Waals surface area contributed by atoms with Crippen LogP contribution in [0.3, 0.4) is 0 Å². The summed E-state index contributed by atoms with van der Waals surface area (Å²) in [6.07, 6.45) is 1.70. The van der Waals surface area contributed by atoms with E-state index in [4.69, 9.17) is 0 Å². The molecule has 8 nitrogen and oxygen atoms in total. The highest BCUT2D eigenvalue weighted by Crippen LogP contribution is 2.29. The van der Waals surface area contributed by atoms with Crippen LogP contribution in [0.1, 0.15) is 21.8 Å². The molecule has 0 radical (unpaired) electrons. The molecule has 30 heavy (non-hydrogen) atoms. The Kier molecular flexibility index (Phi) is 5.00. The molecular formula is C19H13F3N6O2. The van der Waals surface area contributed by atoms with Gasteiger partial charge in [-0.2, -0.15) is 23.3 Å². The number of carbonyl (C=O) groups excluding carboxylic acids is 1. The molecule has 0 fully saturated rings. The van der Waals surface area contributed by atoms with Gasteiger partial charge in [-0.15, -0.1) is 0 Å². The van der Waals surface area contributed by atoms with Crippen LogP contribution in [0.4, 0.5) is 13.2 Å². The van der Waals surface area contributed by atoms with Gasteiger partial charge >= 0.3 is 12.1 Å². The van der Waals surface area contributed by atoms with Gasteiger partial charge in [0.25, 0.3) is 5.91 Å². The van der Waals surface area contributed by atoms with E-state index in [9.17, 15) is 18.0 Å². The molecule has 0 aliphatic heterocycles. The third-order valence-corrected chi connectivity index (χ3v) is 4.07. The van der Waals surface area contributed by atoms with Crippen LogP contribution < -0.4 is 5.32 Å². The maximum absolute atomic E-state index is 12.6. The zero-order valence-electron chi connectivity index (χ0n) is 15.2. The van der Waals surface area contributed by atoms with Crippen LogP contribution in [0.2, 0.25) is 0 Å². The minimum atomic E-state index is -4.69. The van der Waals surface area contributed by atoms with E-state index < -0.39 is 12.1 Å². The smallest absolute Gasteiger partial charge is 0.348 e. The molecule has 4 rings (SSSR count). The lowest BCUT2D eigenvalue weighted by molar-refractivity contribution is -0.159. The molecule has 11 heteroatoms. The molecule has 3 heterocycles. The van der Waals surface area contributed by atoms with Crippen LogP contribution in [0.5, 0.6) is 0 Å². The van der Waals surface area contributed by atoms with E-state index in [0.29, 0.717) is 16.8 Å². The molecule has 0 spiro atoms. The van der Waals surface area contributed by atoms with Crippen molar-refractivity contribution in [3.63, 3.8) is 0 Å². The minimum absolute atomic E-state index is 0.159. The number of aromatic nitrogens is 5. The molecule has 1 amide bonds. The van der Waals surface area contributed by atoms with Crippen LogP contribution in [0.25, 0.3) is 17.1 Å². The Hall–Kier alpha value is -4.02. The molecule has 0 bridgehead atoms. The largest absolute Gasteiger partial charge is 0.471 e. The van der Waals surface area contributed by atoms with Gasteiger partial charge in [-0.25, -0.2) is 4.68 Å². The number of hydrogen-bond acceptors (Lipinski definition) is 6. The lowest BCUT2D eigenvalue weighted by Crippen LogP contribution is -2.22. The first-order chi connectivity index (χ1) is 14.4. The Bertz CT molecular complexity index is 1150. The van der Waals surface area contributed by atoms with E-state index in [0.717, 1.165) is 5.56 Å². The quantitative estimate of drug-likeness (QED) is 0.538. The van der Waals surface area contributed by atoms with Crippen LogP contribution >= 0.6 is 0 Å². The van der Waals surface area contributed by atoms with Crippen LogP contribution in [-0.2, 0) is 12.7 Å². The van der Waals surface area contributed by atoms with E-state index in [2.05, 4.69) is 30.1 Å². The second-order valence-electron chi connectivity index (χ2n) is 6.19. The van der Waals surface area contributed by atoms with Crippen molar-refractivity contribution in [2.45, 2.75) is 12.7 Å². The fourth-order valence-electron chi connectivity index (χ4n) is 2.59. The number of nitrogens with zero attached hydrogens (tertiary/aromatic N) is 5. The minimum Gasteiger partial charge on any atom is -0.348 e. The van der Waals surface area contributed by atoms with Crippen molar-refractivity contribution in [1.29, 1.82) is 0 Å². The van der Waals surface area contributed by atoms with Gasteiger partial charge in [0.05, 0.1) is 17.4 Å². The Morgan fingerprint density at radius 2 is 1.93 bits per heavy atom. The topological polar surface area (TPSA) is 98.7 Å². The normalized spacial score (nSPS) is 11.4. The number of rotatable bonds is 5. The maximum Gasteiger partial charge on any atom is 0.471 e. The molecule has 0 saturated heterocycles. The fraction of sp³-hybridized carbons (Fsp3) is 0.105. The number of pyridine rings is 1. The van der Waals surface area contributed by atoms with Gasteiger partial charge in [-0.1, -0.05) is 5.16 Å². The summed E-state index contributed by atoms with van der Waals surface area (Å²) >= 11 is 0. The van der Waals surface area contributed by atoms with Crippen molar-refractivity contribution in [3.8, 4) is 17.1 Å². The van der Waals surface area contributed by atoms with E-state index in [1.54, 1.807) is 59.7 Å². The first-order valence-corrected chi connectivity index (χ1v) is 8.63. The number of benzene rings is 1. The molecule has 1 N–H and O–H groups in total. The number of carbonyl (C=O) groups is 1. The van der Waals surface area contributed by atoms with Crippen LogP contribution in [0.15, 0.2) is 65.7 Å². The number of halogens is 3. The van der Waals surface area contributed by atoms with Crippen LogP contribution in [0, 0.1) is 0 Å². The molecule has 3 aromatic heterocycles. The van der Waals surface area contributed by atoms with Gasteiger partial charge in [0.15, 0.2) is 0 Å². The Morgan fingerprint density at radius 1 is 1.13 bits per heavy atom. The summed E-state index contributed by atoms with van der Waals surface area (Å²) in [4.78, 5) is 19.3. The maximum atomic E-state index is 12.6. The first-order valence-electron chi connectivity index (χ1n) is 8.63. The highest BCUT2D eigenvalue weighted by molar-refractivity contribution is 5.93. The van der Waals surface area contributed by atoms with Gasteiger partial charge < -0.3 is 9.84 Å². The predicted octanol–water partition coefficient (Wildman–Crippen LogP) is 3.27. The van der Waals surface area contributed by atoms with Gasteiger partial charge in [0, 0.05) is 36.3 Å². The molecule has 0 aliphatic carbocycles. The zero-order chi connectivity index (χ0) is 21.1.